The molecule has 25 heavy (non-hydrogen) atoms. The van der Waals surface area contributed by atoms with Crippen LogP contribution in [0.3, 0.4) is 0 Å². The summed E-state index contributed by atoms with van der Waals surface area (Å²) in [6, 6.07) is 8.41. The van der Waals surface area contributed by atoms with Gasteiger partial charge in [0.25, 0.3) is 0 Å². The average molecular weight is 336 g/mol. The predicted octanol–water partition coefficient (Wildman–Crippen LogP) is 2.50. The molecule has 2 aromatic rings. The van der Waals surface area contributed by atoms with Gasteiger partial charge in [0.05, 0.1) is 29.9 Å². The lowest BCUT2D eigenvalue weighted by molar-refractivity contribution is 0.135. The molecule has 0 saturated carbocycles. The number of carbonyl (C=O) groups excluding carboxylic acids is 1. The third-order valence-corrected chi connectivity index (χ3v) is 5.53. The normalized spacial score (nSPS) is 22.1. The Bertz CT molecular complexity index is 985. The van der Waals surface area contributed by atoms with Gasteiger partial charge in [0.2, 0.25) is 5.88 Å². The zero-order valence-electron chi connectivity index (χ0n) is 14.5. The summed E-state index contributed by atoms with van der Waals surface area (Å²) >= 11 is 0. The van der Waals surface area contributed by atoms with Gasteiger partial charge in [-0.05, 0) is 18.1 Å². The summed E-state index contributed by atoms with van der Waals surface area (Å²) in [5.41, 5.74) is 5.76. The number of nitrogens with zero attached hydrogens (tertiary/aromatic N) is 3. The molecule has 0 saturated heterocycles. The number of fused-ring (bicyclic) bond motifs is 5. The summed E-state index contributed by atoms with van der Waals surface area (Å²) in [5.74, 6) is 0.621. The van der Waals surface area contributed by atoms with Gasteiger partial charge in [0.15, 0.2) is 0 Å². The van der Waals surface area contributed by atoms with Gasteiger partial charge >= 0.3 is 6.03 Å². The van der Waals surface area contributed by atoms with E-state index in [9.17, 15) is 4.79 Å². The standard InChI is InChI=1S/C19H20N4O2/c1-21-14-10-23-13-7-5-4-6-11(13)12-8-9-20-16(17(12)23)15(14)18(25-3)22(2)19(21)24/h4-7,10,16,20H,8-9H2,1-3H3. The minimum absolute atomic E-state index is 0.0177. The lowest BCUT2D eigenvalue weighted by atomic mass is 9.90. The van der Waals surface area contributed by atoms with Crippen molar-refractivity contribution in [2.24, 2.45) is 0 Å². The van der Waals surface area contributed by atoms with Crippen LogP contribution in [0.4, 0.5) is 4.79 Å². The van der Waals surface area contributed by atoms with Crippen molar-refractivity contribution in [3.63, 3.8) is 0 Å². The third-order valence-electron chi connectivity index (χ3n) is 5.53. The second-order valence-electron chi connectivity index (χ2n) is 6.73. The lowest BCUT2D eigenvalue weighted by Gasteiger charge is -2.42. The monoisotopic (exact) mass is 336 g/mol. The van der Waals surface area contributed by atoms with E-state index >= 15 is 0 Å². The van der Waals surface area contributed by atoms with E-state index in [0.29, 0.717) is 5.88 Å². The lowest BCUT2D eigenvalue weighted by Crippen LogP contribution is -2.48. The minimum Gasteiger partial charge on any atom is -0.482 e. The number of urea groups is 1. The molecule has 1 N–H and O–H groups in total. The second-order valence-corrected chi connectivity index (χ2v) is 6.73. The highest BCUT2D eigenvalue weighted by atomic mass is 16.5. The predicted molar refractivity (Wildman–Crippen MR) is 95.6 cm³/mol. The zero-order valence-corrected chi connectivity index (χ0v) is 14.5. The van der Waals surface area contributed by atoms with Crippen LogP contribution in [-0.4, -0.2) is 48.1 Å². The van der Waals surface area contributed by atoms with Crippen molar-refractivity contribution < 1.29 is 9.53 Å². The van der Waals surface area contributed by atoms with E-state index in [4.69, 9.17) is 4.74 Å². The summed E-state index contributed by atoms with van der Waals surface area (Å²) in [7, 11) is 5.20. The van der Waals surface area contributed by atoms with Crippen LogP contribution in [0.15, 0.2) is 41.4 Å². The Balaban J connectivity index is 1.89. The molecule has 0 aliphatic carbocycles. The quantitative estimate of drug-likeness (QED) is 0.870. The number of ether oxygens (including phenoxy) is 1. The largest absolute Gasteiger partial charge is 0.482 e. The van der Waals surface area contributed by atoms with E-state index in [2.05, 4.69) is 40.3 Å². The van der Waals surface area contributed by atoms with E-state index < -0.39 is 0 Å². The summed E-state index contributed by atoms with van der Waals surface area (Å²) in [5, 5.41) is 4.93. The molecule has 4 heterocycles. The molecule has 0 spiro atoms. The van der Waals surface area contributed by atoms with Crippen LogP contribution < -0.4 is 5.32 Å². The molecule has 5 rings (SSSR count). The molecule has 0 bridgehead atoms. The molecule has 3 aliphatic rings. The fourth-order valence-corrected chi connectivity index (χ4v) is 4.43. The molecule has 1 aromatic heterocycles. The van der Waals surface area contributed by atoms with E-state index in [1.807, 2.05) is 7.05 Å². The van der Waals surface area contributed by atoms with E-state index in [-0.39, 0.29) is 12.1 Å². The number of hydrogen-bond acceptors (Lipinski definition) is 3. The van der Waals surface area contributed by atoms with Crippen molar-refractivity contribution in [1.82, 2.24) is 19.7 Å². The van der Waals surface area contributed by atoms with Gasteiger partial charge in [0.1, 0.15) is 0 Å². The van der Waals surface area contributed by atoms with E-state index in [1.54, 1.807) is 24.0 Å². The summed E-state index contributed by atoms with van der Waals surface area (Å²) in [6.07, 6.45) is 3.08. The van der Waals surface area contributed by atoms with Crippen LogP contribution in [0.1, 0.15) is 17.3 Å². The Morgan fingerprint density at radius 2 is 2.00 bits per heavy atom. The maximum absolute atomic E-state index is 12.6. The fraction of sp³-hybridized carbons (Fsp3) is 0.316. The zero-order chi connectivity index (χ0) is 17.3. The number of benzene rings is 1. The summed E-state index contributed by atoms with van der Waals surface area (Å²) in [4.78, 5) is 15.9. The van der Waals surface area contributed by atoms with Crippen LogP contribution in [0.25, 0.3) is 17.1 Å². The molecule has 6 heteroatoms. The summed E-state index contributed by atoms with van der Waals surface area (Å²) in [6.45, 7) is 0.904. The Morgan fingerprint density at radius 3 is 2.80 bits per heavy atom. The van der Waals surface area contributed by atoms with Crippen LogP contribution in [0.5, 0.6) is 0 Å². The van der Waals surface area contributed by atoms with Gasteiger partial charge < -0.3 is 14.6 Å². The van der Waals surface area contributed by atoms with Gasteiger partial charge in [-0.2, -0.15) is 0 Å². The molecule has 6 nitrogen and oxygen atoms in total. The van der Waals surface area contributed by atoms with Crippen molar-refractivity contribution in [2.45, 2.75) is 12.5 Å². The molecule has 1 unspecified atom stereocenters. The topological polar surface area (TPSA) is 49.7 Å². The number of para-hydroxylation sites is 1. The maximum atomic E-state index is 12.6. The van der Waals surface area contributed by atoms with Crippen molar-refractivity contribution in [3.8, 4) is 0 Å². The van der Waals surface area contributed by atoms with Gasteiger partial charge in [0, 0.05) is 37.9 Å². The molecule has 2 amide bonds. The van der Waals surface area contributed by atoms with Gasteiger partial charge in [-0.15, -0.1) is 0 Å². The molecule has 3 aliphatic heterocycles. The smallest absolute Gasteiger partial charge is 0.330 e. The Labute approximate surface area is 145 Å². The van der Waals surface area contributed by atoms with Gasteiger partial charge in [-0.3, -0.25) is 9.80 Å². The highest BCUT2D eigenvalue weighted by molar-refractivity contribution is 5.91. The highest BCUT2D eigenvalue weighted by Crippen LogP contribution is 2.45. The van der Waals surface area contributed by atoms with Crippen LogP contribution in [0, 0.1) is 0 Å². The van der Waals surface area contributed by atoms with Gasteiger partial charge in [-0.25, -0.2) is 4.79 Å². The number of carbonyl (C=O) groups is 1. The number of nitrogens with one attached hydrogen (secondary N) is 1. The van der Waals surface area contributed by atoms with Crippen LogP contribution >= 0.6 is 0 Å². The SMILES string of the molecule is COC1=C2C(=Cn3c4c(c5ccccc53)CCNC24)N(C)C(=O)N1C. The molecular weight excluding hydrogens is 316 g/mol. The number of methoxy groups -OCH3 is 1. The first-order chi connectivity index (χ1) is 12.1. The van der Waals surface area contributed by atoms with Crippen molar-refractivity contribution in [2.75, 3.05) is 27.7 Å². The number of hydrogen-bond donors (Lipinski definition) is 1. The number of likely N-dealkylation sites (N-methyl/N-ethyl adjacent to an activating group) is 1. The molecule has 1 atom stereocenters. The van der Waals surface area contributed by atoms with Crippen LogP contribution in [0.2, 0.25) is 0 Å². The second kappa shape index (κ2) is 4.89. The molecule has 1 aromatic carbocycles. The minimum atomic E-state index is -0.0946. The highest BCUT2D eigenvalue weighted by Gasteiger charge is 2.42. The maximum Gasteiger partial charge on any atom is 0.330 e. The van der Waals surface area contributed by atoms with Crippen molar-refractivity contribution in [1.29, 1.82) is 0 Å². The number of rotatable bonds is 1. The molecule has 0 fully saturated rings. The first kappa shape index (κ1) is 14.6. The van der Waals surface area contributed by atoms with Gasteiger partial charge in [-0.1, -0.05) is 18.2 Å². The van der Waals surface area contributed by atoms with Crippen LogP contribution in [-0.2, 0) is 11.2 Å². The number of amides is 2. The Hall–Kier alpha value is -2.73. The summed E-state index contributed by atoms with van der Waals surface area (Å²) < 4.78 is 7.88. The molecular formula is C19H20N4O2. The van der Waals surface area contributed by atoms with Crippen molar-refractivity contribution >= 4 is 23.1 Å². The molecule has 0 radical (unpaired) electrons. The van der Waals surface area contributed by atoms with E-state index in [0.717, 1.165) is 24.2 Å². The van der Waals surface area contributed by atoms with E-state index in [1.165, 1.54) is 22.2 Å². The Morgan fingerprint density at radius 1 is 1.20 bits per heavy atom. The first-order valence-electron chi connectivity index (χ1n) is 8.50. The fourth-order valence-electron chi connectivity index (χ4n) is 4.43. The van der Waals surface area contributed by atoms with Crippen molar-refractivity contribution in [3.05, 3.63) is 52.7 Å². The average Bonchev–Trinajstić information content (AvgIpc) is 2.97. The molecule has 128 valence electrons. The first-order valence-corrected chi connectivity index (χ1v) is 8.50. The third kappa shape index (κ3) is 1.69. The number of aromatic nitrogens is 1. The Kier molecular flexibility index (Phi) is 2.86.